The van der Waals surface area contributed by atoms with E-state index >= 15 is 0 Å². The molecule has 0 fully saturated rings. The highest BCUT2D eigenvalue weighted by Gasteiger charge is 2.20. The lowest BCUT2D eigenvalue weighted by Gasteiger charge is -2.15. The monoisotopic (exact) mass is 458 g/mol. The predicted molar refractivity (Wildman–Crippen MR) is 106 cm³/mol. The quantitative estimate of drug-likeness (QED) is 0.578. The van der Waals surface area contributed by atoms with Crippen LogP contribution in [0.25, 0.3) is 0 Å². The van der Waals surface area contributed by atoms with Gasteiger partial charge in [0.2, 0.25) is 0 Å². The summed E-state index contributed by atoms with van der Waals surface area (Å²) in [7, 11) is -8.29. The van der Waals surface area contributed by atoms with Gasteiger partial charge in [-0.05, 0) is 54.6 Å². The Balaban J connectivity index is 1.93. The van der Waals surface area contributed by atoms with Crippen LogP contribution in [0.5, 0.6) is 0 Å². The van der Waals surface area contributed by atoms with Crippen LogP contribution in [0.4, 0.5) is 20.2 Å². The first-order valence-corrected chi connectivity index (χ1v) is 11.3. The topological polar surface area (TPSA) is 92.3 Å². The van der Waals surface area contributed by atoms with Crippen molar-refractivity contribution in [2.75, 3.05) is 9.44 Å². The number of rotatable bonds is 6. The molecule has 0 aliphatic heterocycles. The molecule has 6 nitrogen and oxygen atoms in total. The first-order chi connectivity index (χ1) is 13.6. The Morgan fingerprint density at radius 2 is 1.17 bits per heavy atom. The lowest BCUT2D eigenvalue weighted by molar-refractivity contribution is 0.597. The van der Waals surface area contributed by atoms with Crippen LogP contribution in [0.1, 0.15) is 0 Å². The molecule has 0 atom stereocenters. The van der Waals surface area contributed by atoms with Gasteiger partial charge in [-0.1, -0.05) is 23.7 Å². The Bertz CT molecular complexity index is 1270. The van der Waals surface area contributed by atoms with Gasteiger partial charge < -0.3 is 0 Å². The summed E-state index contributed by atoms with van der Waals surface area (Å²) in [4.78, 5) is -0.512. The van der Waals surface area contributed by atoms with Gasteiger partial charge in [0.15, 0.2) is 0 Å². The van der Waals surface area contributed by atoms with Crippen LogP contribution in [0.2, 0.25) is 5.02 Å². The third-order valence-electron chi connectivity index (χ3n) is 3.74. The maximum absolute atomic E-state index is 13.3. The highest BCUT2D eigenvalue weighted by molar-refractivity contribution is 7.93. The van der Waals surface area contributed by atoms with Crippen molar-refractivity contribution in [3.63, 3.8) is 0 Å². The number of para-hydroxylation sites is 2. The maximum atomic E-state index is 13.3. The highest BCUT2D eigenvalue weighted by Crippen LogP contribution is 2.28. The van der Waals surface area contributed by atoms with Crippen LogP contribution < -0.4 is 9.44 Å². The molecule has 11 heteroatoms. The van der Waals surface area contributed by atoms with E-state index in [1.54, 1.807) is 0 Å². The van der Waals surface area contributed by atoms with Gasteiger partial charge >= 0.3 is 0 Å². The van der Waals surface area contributed by atoms with Gasteiger partial charge in [-0.2, -0.15) is 0 Å². The van der Waals surface area contributed by atoms with E-state index < -0.39 is 31.7 Å². The van der Waals surface area contributed by atoms with Gasteiger partial charge in [0.05, 0.1) is 26.2 Å². The van der Waals surface area contributed by atoms with Crippen molar-refractivity contribution in [3.05, 3.63) is 83.4 Å². The van der Waals surface area contributed by atoms with E-state index in [9.17, 15) is 25.6 Å². The third-order valence-corrected chi connectivity index (χ3v) is 6.78. The number of benzene rings is 3. The molecule has 2 N–H and O–H groups in total. The molecule has 0 spiro atoms. The predicted octanol–water partition coefficient (Wildman–Crippen LogP) is 4.22. The zero-order valence-corrected chi connectivity index (χ0v) is 16.8. The van der Waals surface area contributed by atoms with Crippen LogP contribution in [0.3, 0.4) is 0 Å². The molecule has 0 unspecified atom stereocenters. The second kappa shape index (κ2) is 7.97. The van der Waals surface area contributed by atoms with Crippen molar-refractivity contribution in [2.24, 2.45) is 0 Å². The summed E-state index contributed by atoms with van der Waals surface area (Å²) in [5, 5.41) is -0.377. The Kier molecular flexibility index (Phi) is 5.78. The number of sulfonamides is 2. The second-order valence-corrected chi connectivity index (χ2v) is 9.56. The van der Waals surface area contributed by atoms with Gasteiger partial charge in [0, 0.05) is 0 Å². The molecule has 0 radical (unpaired) electrons. The highest BCUT2D eigenvalue weighted by atomic mass is 35.5. The Morgan fingerprint density at radius 3 is 1.69 bits per heavy atom. The molecule has 0 saturated carbocycles. The molecule has 3 aromatic rings. The summed E-state index contributed by atoms with van der Waals surface area (Å²) >= 11 is 5.63. The summed E-state index contributed by atoms with van der Waals surface area (Å²) in [5.74, 6) is -1.38. The number of hydrogen-bond acceptors (Lipinski definition) is 4. The fourth-order valence-electron chi connectivity index (χ4n) is 2.33. The minimum atomic E-state index is -4.19. The molecule has 3 aromatic carbocycles. The SMILES string of the molecule is O=S(=O)(Nc1ccccc1NS(=O)(=O)c1ccc(F)c(Cl)c1)c1ccc(F)cc1. The molecule has 0 amide bonds. The molecule has 0 heterocycles. The average molecular weight is 459 g/mol. The Labute approximate surface area is 171 Å². The van der Waals surface area contributed by atoms with E-state index in [0.717, 1.165) is 42.5 Å². The number of hydrogen-bond donors (Lipinski definition) is 2. The molecule has 0 saturated heterocycles. The van der Waals surface area contributed by atoms with Crippen molar-refractivity contribution < 1.29 is 25.6 Å². The second-order valence-electron chi connectivity index (χ2n) is 5.79. The first-order valence-electron chi connectivity index (χ1n) is 7.94. The van der Waals surface area contributed by atoms with Crippen molar-refractivity contribution in [1.82, 2.24) is 0 Å². The average Bonchev–Trinajstić information content (AvgIpc) is 2.65. The lowest BCUT2D eigenvalue weighted by atomic mass is 10.3. The standard InChI is InChI=1S/C18H13ClF2N2O4S2/c19-15-11-14(9-10-16(15)21)29(26,27)23-18-4-2-1-3-17(18)22-28(24,25)13-7-5-12(20)6-8-13/h1-11,22-23H. The summed E-state index contributed by atoms with van der Waals surface area (Å²) in [6.45, 7) is 0. The van der Waals surface area contributed by atoms with Gasteiger partial charge in [-0.3, -0.25) is 9.44 Å². The fraction of sp³-hybridized carbons (Fsp3) is 0. The van der Waals surface area contributed by atoms with E-state index in [1.165, 1.54) is 24.3 Å². The van der Waals surface area contributed by atoms with Crippen LogP contribution in [-0.4, -0.2) is 16.8 Å². The van der Waals surface area contributed by atoms with Crippen molar-refractivity contribution in [2.45, 2.75) is 9.79 Å². The molecular weight excluding hydrogens is 446 g/mol. The molecule has 152 valence electrons. The first kappa shape index (κ1) is 21.0. The number of halogens is 3. The summed E-state index contributed by atoms with van der Waals surface area (Å²) < 4.78 is 81.0. The van der Waals surface area contributed by atoms with E-state index in [2.05, 4.69) is 9.44 Å². The van der Waals surface area contributed by atoms with Gasteiger partial charge in [-0.15, -0.1) is 0 Å². The molecule has 29 heavy (non-hydrogen) atoms. The smallest absolute Gasteiger partial charge is 0.262 e. The molecule has 0 bridgehead atoms. The van der Waals surface area contributed by atoms with Crippen LogP contribution in [0.15, 0.2) is 76.5 Å². The van der Waals surface area contributed by atoms with Gasteiger partial charge in [0.25, 0.3) is 20.0 Å². The van der Waals surface area contributed by atoms with E-state index in [0.29, 0.717) is 0 Å². The Morgan fingerprint density at radius 1 is 0.690 bits per heavy atom. The largest absolute Gasteiger partial charge is 0.277 e. The van der Waals surface area contributed by atoms with Gasteiger partial charge in [-0.25, -0.2) is 25.6 Å². The van der Waals surface area contributed by atoms with E-state index in [4.69, 9.17) is 11.6 Å². The zero-order chi connectivity index (χ0) is 21.2. The minimum Gasteiger partial charge on any atom is -0.277 e. The minimum absolute atomic E-state index is 0.0615. The molecule has 0 aromatic heterocycles. The lowest BCUT2D eigenvalue weighted by Crippen LogP contribution is -2.17. The fourth-order valence-corrected chi connectivity index (χ4v) is 4.76. The molecule has 0 aliphatic carbocycles. The molecule has 0 aliphatic rings. The van der Waals surface area contributed by atoms with Crippen LogP contribution in [-0.2, 0) is 20.0 Å². The van der Waals surface area contributed by atoms with Crippen molar-refractivity contribution in [3.8, 4) is 0 Å². The van der Waals surface area contributed by atoms with E-state index in [-0.39, 0.29) is 26.2 Å². The number of anilines is 2. The van der Waals surface area contributed by atoms with Crippen LogP contribution in [0, 0.1) is 11.6 Å². The number of nitrogens with one attached hydrogen (secondary N) is 2. The van der Waals surface area contributed by atoms with E-state index in [1.807, 2.05) is 0 Å². The Hall–Kier alpha value is -2.69. The third kappa shape index (κ3) is 4.84. The normalized spacial score (nSPS) is 11.8. The summed E-state index contributed by atoms with van der Waals surface area (Å²) in [6, 6.07) is 12.7. The zero-order valence-electron chi connectivity index (χ0n) is 14.4. The van der Waals surface area contributed by atoms with Gasteiger partial charge in [0.1, 0.15) is 11.6 Å². The summed E-state index contributed by atoms with van der Waals surface area (Å²) in [6.07, 6.45) is 0. The molecule has 3 rings (SSSR count). The summed E-state index contributed by atoms with van der Waals surface area (Å²) in [5.41, 5.74) is -0.132. The van der Waals surface area contributed by atoms with Crippen LogP contribution >= 0.6 is 11.6 Å². The maximum Gasteiger partial charge on any atom is 0.262 e. The molecular formula is C18H13ClF2N2O4S2. The van der Waals surface area contributed by atoms with Crippen molar-refractivity contribution in [1.29, 1.82) is 0 Å². The van der Waals surface area contributed by atoms with Crippen molar-refractivity contribution >= 4 is 43.0 Å².